The molecule has 1 unspecified atom stereocenters. The number of nitrogens with one attached hydrogen (secondary N) is 1. The molecule has 172 valence electrons. The molecule has 1 aromatic carbocycles. The molecule has 0 radical (unpaired) electrons. The monoisotopic (exact) mass is 442 g/mol. The van der Waals surface area contributed by atoms with Crippen LogP contribution in [0.1, 0.15) is 62.7 Å². The van der Waals surface area contributed by atoms with Crippen LogP contribution in [0, 0.1) is 40.2 Å². The van der Waals surface area contributed by atoms with E-state index in [0.717, 1.165) is 50.7 Å². The molecule has 4 nitrogen and oxygen atoms in total. The number of carbonyl (C=O) groups is 2. The summed E-state index contributed by atoms with van der Waals surface area (Å²) in [5, 5.41) is 3.00. The van der Waals surface area contributed by atoms with Gasteiger partial charge in [0.2, 0.25) is 5.91 Å². The zero-order chi connectivity index (χ0) is 22.8. The zero-order valence-corrected chi connectivity index (χ0v) is 19.0. The molecule has 3 fully saturated rings. The van der Waals surface area contributed by atoms with Crippen molar-refractivity contribution >= 4 is 11.8 Å². The van der Waals surface area contributed by atoms with Gasteiger partial charge in [0.15, 0.2) is 0 Å². The Labute approximate surface area is 188 Å². The van der Waals surface area contributed by atoms with Gasteiger partial charge in [-0.1, -0.05) is 26.0 Å². The van der Waals surface area contributed by atoms with E-state index in [1.807, 2.05) is 11.9 Å². The predicted octanol–water partition coefficient (Wildman–Crippen LogP) is 4.70. The van der Waals surface area contributed by atoms with E-state index >= 15 is 0 Å². The molecule has 3 aliphatic carbocycles. The molecule has 7 atom stereocenters. The standard InChI is InChI=1S/C26H32F2N2O2/c1-25-13-11-17-15(7-10-21-26(17,2)14-12-22(31)30(21)3)16(25)8-9-20(25)29-24(32)23-18(27)5-4-6-19(23)28/h4-6,12,14-17,20-21H,7-11,13H2,1-3H3,(H,29,32)/t15-,16-,17-,20?,21+,25-,26+/m0/s1. The van der Waals surface area contributed by atoms with Crippen LogP contribution >= 0.6 is 0 Å². The van der Waals surface area contributed by atoms with Gasteiger partial charge >= 0.3 is 0 Å². The van der Waals surface area contributed by atoms with Gasteiger partial charge in [0.1, 0.15) is 17.2 Å². The number of hydrogen-bond donors (Lipinski definition) is 1. The van der Waals surface area contributed by atoms with Gasteiger partial charge in [-0.3, -0.25) is 9.59 Å². The highest BCUT2D eigenvalue weighted by Gasteiger charge is 2.60. The maximum Gasteiger partial charge on any atom is 0.257 e. The van der Waals surface area contributed by atoms with E-state index in [1.54, 1.807) is 6.08 Å². The first-order chi connectivity index (χ1) is 15.2. The second kappa shape index (κ2) is 7.39. The van der Waals surface area contributed by atoms with E-state index in [2.05, 4.69) is 25.2 Å². The van der Waals surface area contributed by atoms with Crippen molar-refractivity contribution in [1.29, 1.82) is 0 Å². The van der Waals surface area contributed by atoms with Crippen LogP contribution in [-0.4, -0.2) is 35.8 Å². The second-order valence-corrected chi connectivity index (χ2v) is 10.9. The number of benzene rings is 1. The Bertz CT molecular complexity index is 974. The molecule has 0 saturated heterocycles. The van der Waals surface area contributed by atoms with E-state index in [0.29, 0.717) is 17.8 Å². The molecule has 1 heterocycles. The van der Waals surface area contributed by atoms with Crippen molar-refractivity contribution in [2.45, 2.75) is 64.5 Å². The quantitative estimate of drug-likeness (QED) is 0.722. The Morgan fingerprint density at radius 3 is 2.50 bits per heavy atom. The normalized spacial score (nSPS) is 40.5. The predicted molar refractivity (Wildman–Crippen MR) is 118 cm³/mol. The third kappa shape index (κ3) is 2.97. The summed E-state index contributed by atoms with van der Waals surface area (Å²) in [4.78, 5) is 27.0. The van der Waals surface area contributed by atoms with Crippen molar-refractivity contribution in [2.75, 3.05) is 7.05 Å². The number of nitrogens with zero attached hydrogens (tertiary/aromatic N) is 1. The molecule has 1 aromatic rings. The lowest BCUT2D eigenvalue weighted by Gasteiger charge is -2.60. The number of halogens is 2. The minimum absolute atomic E-state index is 0.0233. The van der Waals surface area contributed by atoms with Gasteiger partial charge in [0, 0.05) is 24.5 Å². The molecule has 0 spiro atoms. The molecular weight excluding hydrogens is 410 g/mol. The first-order valence-electron chi connectivity index (χ1n) is 11.9. The summed E-state index contributed by atoms with van der Waals surface area (Å²) in [5.74, 6) is -0.694. The van der Waals surface area contributed by atoms with E-state index in [9.17, 15) is 18.4 Å². The fraction of sp³-hybridized carbons (Fsp3) is 0.615. The second-order valence-electron chi connectivity index (χ2n) is 10.9. The summed E-state index contributed by atoms with van der Waals surface area (Å²) in [5.41, 5.74) is -0.590. The number of fused-ring (bicyclic) bond motifs is 5. The van der Waals surface area contributed by atoms with Crippen LogP contribution < -0.4 is 5.32 Å². The highest BCUT2D eigenvalue weighted by molar-refractivity contribution is 5.95. The molecule has 0 bridgehead atoms. The highest BCUT2D eigenvalue weighted by atomic mass is 19.1. The van der Waals surface area contributed by atoms with E-state index in [1.165, 1.54) is 6.07 Å². The van der Waals surface area contributed by atoms with Gasteiger partial charge in [-0.2, -0.15) is 0 Å². The summed E-state index contributed by atoms with van der Waals surface area (Å²) in [6.45, 7) is 4.57. The maximum absolute atomic E-state index is 14.1. The van der Waals surface area contributed by atoms with Crippen molar-refractivity contribution in [3.05, 3.63) is 47.5 Å². The van der Waals surface area contributed by atoms with E-state index in [4.69, 9.17) is 0 Å². The first kappa shape index (κ1) is 21.6. The minimum Gasteiger partial charge on any atom is -0.349 e. The smallest absolute Gasteiger partial charge is 0.257 e. The molecular formula is C26H32F2N2O2. The van der Waals surface area contributed by atoms with Crippen molar-refractivity contribution < 1.29 is 18.4 Å². The van der Waals surface area contributed by atoms with E-state index < -0.39 is 23.1 Å². The summed E-state index contributed by atoms with van der Waals surface area (Å²) in [7, 11) is 1.92. The van der Waals surface area contributed by atoms with Crippen molar-refractivity contribution in [3.63, 3.8) is 0 Å². The number of hydrogen-bond acceptors (Lipinski definition) is 2. The average molecular weight is 443 g/mol. The molecule has 0 aromatic heterocycles. The van der Waals surface area contributed by atoms with Crippen molar-refractivity contribution in [3.8, 4) is 0 Å². The Balaban J connectivity index is 1.38. The zero-order valence-electron chi connectivity index (χ0n) is 19.0. The maximum atomic E-state index is 14.1. The lowest BCUT2D eigenvalue weighted by atomic mass is 9.48. The molecule has 3 saturated carbocycles. The molecule has 5 rings (SSSR count). The number of likely N-dealkylation sites (N-methyl/N-ethyl adjacent to an activating group) is 1. The highest BCUT2D eigenvalue weighted by Crippen LogP contribution is 2.63. The van der Waals surface area contributed by atoms with Gasteiger partial charge in [-0.15, -0.1) is 0 Å². The summed E-state index contributed by atoms with van der Waals surface area (Å²) >= 11 is 0. The number of carbonyl (C=O) groups excluding carboxylic acids is 2. The fourth-order valence-corrected chi connectivity index (χ4v) is 7.92. The molecule has 4 aliphatic rings. The molecule has 2 amide bonds. The Kier molecular flexibility index (Phi) is 4.99. The number of rotatable bonds is 2. The lowest BCUT2D eigenvalue weighted by molar-refractivity contribution is -0.138. The van der Waals surface area contributed by atoms with Crippen LogP contribution in [0.2, 0.25) is 0 Å². The first-order valence-corrected chi connectivity index (χ1v) is 11.9. The Hall–Kier alpha value is -2.24. The van der Waals surface area contributed by atoms with Crippen molar-refractivity contribution in [2.24, 2.45) is 28.6 Å². The fourth-order valence-electron chi connectivity index (χ4n) is 7.92. The Morgan fingerprint density at radius 1 is 1.06 bits per heavy atom. The molecule has 32 heavy (non-hydrogen) atoms. The molecule has 1 aliphatic heterocycles. The molecule has 6 heteroatoms. The SMILES string of the molecule is CN1C(=O)C=C[C@]2(C)[C@H]3CC[C@]4(C)C(NC(=O)c5c(F)cccc5F)CC[C@H]4[C@@H]3CC[C@@H]12. The van der Waals surface area contributed by atoms with Gasteiger partial charge < -0.3 is 10.2 Å². The topological polar surface area (TPSA) is 49.4 Å². The largest absolute Gasteiger partial charge is 0.349 e. The van der Waals surface area contributed by atoms with Crippen LogP contribution in [0.3, 0.4) is 0 Å². The van der Waals surface area contributed by atoms with Crippen LogP contribution in [0.4, 0.5) is 8.78 Å². The van der Waals surface area contributed by atoms with Crippen molar-refractivity contribution in [1.82, 2.24) is 10.2 Å². The summed E-state index contributed by atoms with van der Waals surface area (Å²) < 4.78 is 28.3. The van der Waals surface area contributed by atoms with Gasteiger partial charge in [-0.05, 0) is 79.9 Å². The van der Waals surface area contributed by atoms with Gasteiger partial charge in [-0.25, -0.2) is 8.78 Å². The van der Waals surface area contributed by atoms with Crippen LogP contribution in [0.25, 0.3) is 0 Å². The van der Waals surface area contributed by atoms with Crippen LogP contribution in [0.15, 0.2) is 30.4 Å². The van der Waals surface area contributed by atoms with Crippen LogP contribution in [-0.2, 0) is 4.79 Å². The summed E-state index contributed by atoms with van der Waals surface area (Å²) in [6.07, 6.45) is 9.84. The average Bonchev–Trinajstić information content (AvgIpc) is 3.07. The summed E-state index contributed by atoms with van der Waals surface area (Å²) in [6, 6.07) is 3.68. The Morgan fingerprint density at radius 2 is 1.78 bits per heavy atom. The van der Waals surface area contributed by atoms with E-state index in [-0.39, 0.29) is 28.8 Å². The third-order valence-electron chi connectivity index (χ3n) is 9.62. The molecule has 1 N–H and O–H groups in total. The van der Waals surface area contributed by atoms with Gasteiger partial charge in [0.25, 0.3) is 5.91 Å². The minimum atomic E-state index is -0.820. The third-order valence-corrected chi connectivity index (χ3v) is 9.62. The van der Waals surface area contributed by atoms with Crippen LogP contribution in [0.5, 0.6) is 0 Å². The number of amides is 2. The van der Waals surface area contributed by atoms with Gasteiger partial charge in [0.05, 0.1) is 0 Å². The lowest BCUT2D eigenvalue weighted by Crippen LogP contribution is -2.60.